The molecule has 0 amide bonds. The highest BCUT2D eigenvalue weighted by molar-refractivity contribution is 5.88. The first-order chi connectivity index (χ1) is 11.4. The minimum Gasteiger partial charge on any atom is -0.406 e. The van der Waals surface area contributed by atoms with Crippen LogP contribution in [0, 0.1) is 11.3 Å². The van der Waals surface area contributed by atoms with E-state index < -0.39 is 12.3 Å². The molecule has 0 N–H and O–H groups in total. The molecule has 1 aromatic heterocycles. The lowest BCUT2D eigenvalue weighted by molar-refractivity contribution is -0.274. The molecule has 124 valence electrons. The number of pyridine rings is 1. The van der Waals surface area contributed by atoms with E-state index in [-0.39, 0.29) is 18.0 Å². The van der Waals surface area contributed by atoms with Gasteiger partial charge in [0.15, 0.2) is 5.78 Å². The number of halogens is 3. The summed E-state index contributed by atoms with van der Waals surface area (Å²) in [6.07, 6.45) is -2.82. The van der Waals surface area contributed by atoms with E-state index in [9.17, 15) is 18.0 Å². The van der Waals surface area contributed by atoms with Crippen molar-refractivity contribution in [2.24, 2.45) is 0 Å². The molecule has 0 aliphatic rings. The Kier molecular flexibility index (Phi) is 5.53. The fourth-order valence-corrected chi connectivity index (χ4v) is 2.12. The highest BCUT2D eigenvalue weighted by Crippen LogP contribution is 2.23. The third-order valence-electron chi connectivity index (χ3n) is 3.25. The Bertz CT molecular complexity index is 722. The molecule has 0 unspecified atom stereocenters. The number of ether oxygens (including phenoxy) is 1. The van der Waals surface area contributed by atoms with Crippen molar-refractivity contribution in [2.45, 2.75) is 25.1 Å². The normalized spacial score (nSPS) is 12.2. The number of nitriles is 1. The van der Waals surface area contributed by atoms with Crippen LogP contribution in [0.5, 0.6) is 5.75 Å². The topological polar surface area (TPSA) is 63.0 Å². The van der Waals surface area contributed by atoms with Gasteiger partial charge in [-0.1, -0.05) is 18.2 Å². The highest BCUT2D eigenvalue weighted by Gasteiger charge is 2.31. The number of aryl methyl sites for hydroxylation is 1. The zero-order valence-electron chi connectivity index (χ0n) is 12.5. The van der Waals surface area contributed by atoms with E-state index in [1.165, 1.54) is 30.5 Å². The Morgan fingerprint density at radius 3 is 2.46 bits per heavy atom. The molecular formula is C17H13F3N2O2. The van der Waals surface area contributed by atoms with Crippen molar-refractivity contribution in [2.75, 3.05) is 0 Å². The Hall–Kier alpha value is -2.88. The quantitative estimate of drug-likeness (QED) is 0.806. The largest absolute Gasteiger partial charge is 0.573 e. The van der Waals surface area contributed by atoms with Gasteiger partial charge in [-0.15, -0.1) is 13.2 Å². The van der Waals surface area contributed by atoms with Crippen molar-refractivity contribution < 1.29 is 22.7 Å². The first kappa shape index (κ1) is 17.5. The lowest BCUT2D eigenvalue weighted by Crippen LogP contribution is -2.17. The molecule has 0 bridgehead atoms. The summed E-state index contributed by atoms with van der Waals surface area (Å²) in [7, 11) is 0. The Labute approximate surface area is 136 Å². The van der Waals surface area contributed by atoms with Crippen molar-refractivity contribution in [1.82, 2.24) is 4.98 Å². The van der Waals surface area contributed by atoms with Crippen molar-refractivity contribution in [3.8, 4) is 11.8 Å². The fourth-order valence-electron chi connectivity index (χ4n) is 2.12. The fraction of sp³-hybridized carbons (Fsp3) is 0.235. The molecule has 24 heavy (non-hydrogen) atoms. The van der Waals surface area contributed by atoms with Crippen molar-refractivity contribution in [1.29, 1.82) is 5.26 Å². The molecule has 0 saturated heterocycles. The van der Waals surface area contributed by atoms with Crippen LogP contribution in [0.25, 0.3) is 0 Å². The molecule has 0 aliphatic carbocycles. The lowest BCUT2D eigenvalue weighted by atomic mass is 9.96. The monoisotopic (exact) mass is 334 g/mol. The van der Waals surface area contributed by atoms with Crippen LogP contribution in [0.2, 0.25) is 0 Å². The summed E-state index contributed by atoms with van der Waals surface area (Å²) in [6.45, 7) is 0. The van der Waals surface area contributed by atoms with Crippen molar-refractivity contribution in [3.63, 3.8) is 0 Å². The van der Waals surface area contributed by atoms with Crippen LogP contribution in [0.1, 0.15) is 23.6 Å². The Balaban J connectivity index is 1.95. The van der Waals surface area contributed by atoms with Gasteiger partial charge in [-0.25, -0.2) is 0 Å². The van der Waals surface area contributed by atoms with Crippen LogP contribution in [0.15, 0.2) is 48.7 Å². The average molecular weight is 334 g/mol. The number of nitrogens with zero attached hydrogens (tertiary/aromatic N) is 2. The zero-order valence-corrected chi connectivity index (χ0v) is 12.5. The number of alkyl halides is 3. The van der Waals surface area contributed by atoms with Gasteiger partial charge >= 0.3 is 6.36 Å². The molecule has 2 aromatic rings. The van der Waals surface area contributed by atoms with Crippen LogP contribution in [0.4, 0.5) is 13.2 Å². The minimum atomic E-state index is -4.74. The molecule has 0 aliphatic heterocycles. The van der Waals surface area contributed by atoms with Gasteiger partial charge in [0.25, 0.3) is 0 Å². The standard InChI is InChI=1S/C17H13F3N2O2/c18-17(19,20)24-13-7-4-12(5-8-13)6-9-16(23)14(11-21)15-3-1-2-10-22-15/h1-5,7-8,10,14H,6,9H2/t14-/m0/s1. The third-order valence-corrected chi connectivity index (χ3v) is 3.25. The second-order valence-electron chi connectivity index (χ2n) is 4.97. The van der Waals surface area contributed by atoms with Gasteiger partial charge in [-0.2, -0.15) is 5.26 Å². The average Bonchev–Trinajstić information content (AvgIpc) is 2.54. The molecule has 0 fully saturated rings. The number of hydrogen-bond acceptors (Lipinski definition) is 4. The molecular weight excluding hydrogens is 321 g/mol. The number of benzene rings is 1. The maximum absolute atomic E-state index is 12.2. The minimum absolute atomic E-state index is 0.0915. The van der Waals surface area contributed by atoms with Gasteiger partial charge in [0.2, 0.25) is 0 Å². The summed E-state index contributed by atoms with van der Waals surface area (Å²) in [5.74, 6) is -1.55. The Morgan fingerprint density at radius 2 is 1.92 bits per heavy atom. The van der Waals surface area contributed by atoms with Gasteiger partial charge in [-0.05, 0) is 36.2 Å². The molecule has 1 atom stereocenters. The summed E-state index contributed by atoms with van der Waals surface area (Å²) in [6, 6.07) is 12.2. The summed E-state index contributed by atoms with van der Waals surface area (Å²) in [5.41, 5.74) is 1.06. The zero-order chi connectivity index (χ0) is 17.6. The second-order valence-corrected chi connectivity index (χ2v) is 4.97. The first-order valence-corrected chi connectivity index (χ1v) is 7.07. The molecule has 4 nitrogen and oxygen atoms in total. The van der Waals surface area contributed by atoms with Crippen LogP contribution >= 0.6 is 0 Å². The number of rotatable bonds is 6. The first-order valence-electron chi connectivity index (χ1n) is 7.07. The highest BCUT2D eigenvalue weighted by atomic mass is 19.4. The van der Waals surface area contributed by atoms with E-state index in [2.05, 4.69) is 9.72 Å². The molecule has 1 aromatic carbocycles. The molecule has 7 heteroatoms. The number of carbonyl (C=O) groups is 1. The van der Waals surface area contributed by atoms with E-state index in [0.717, 1.165) is 0 Å². The second kappa shape index (κ2) is 7.59. The van der Waals surface area contributed by atoms with Gasteiger partial charge in [0.1, 0.15) is 11.7 Å². The maximum atomic E-state index is 12.2. The lowest BCUT2D eigenvalue weighted by Gasteiger charge is -2.10. The van der Waals surface area contributed by atoms with E-state index in [1.54, 1.807) is 18.2 Å². The smallest absolute Gasteiger partial charge is 0.406 e. The van der Waals surface area contributed by atoms with Crippen molar-refractivity contribution >= 4 is 5.78 Å². The molecule has 1 heterocycles. The number of hydrogen-bond donors (Lipinski definition) is 0. The molecule has 0 spiro atoms. The molecule has 0 radical (unpaired) electrons. The number of ketones is 1. The predicted molar refractivity (Wildman–Crippen MR) is 79.0 cm³/mol. The van der Waals surface area contributed by atoms with Gasteiger partial charge in [-0.3, -0.25) is 9.78 Å². The van der Waals surface area contributed by atoms with Crippen LogP contribution in [-0.2, 0) is 11.2 Å². The predicted octanol–water partition coefficient (Wildman–Crippen LogP) is 3.79. The molecule has 2 rings (SSSR count). The SMILES string of the molecule is N#C[C@H](C(=O)CCc1ccc(OC(F)(F)F)cc1)c1ccccn1. The maximum Gasteiger partial charge on any atom is 0.573 e. The number of carbonyl (C=O) groups excluding carboxylic acids is 1. The van der Waals surface area contributed by atoms with E-state index >= 15 is 0 Å². The number of aromatic nitrogens is 1. The Morgan fingerprint density at radius 1 is 1.21 bits per heavy atom. The van der Waals surface area contributed by atoms with Crippen LogP contribution in [-0.4, -0.2) is 17.1 Å². The summed E-state index contributed by atoms with van der Waals surface area (Å²) >= 11 is 0. The summed E-state index contributed by atoms with van der Waals surface area (Å²) in [5, 5.41) is 9.16. The molecule has 0 saturated carbocycles. The van der Waals surface area contributed by atoms with E-state index in [4.69, 9.17) is 5.26 Å². The van der Waals surface area contributed by atoms with Crippen LogP contribution in [0.3, 0.4) is 0 Å². The van der Waals surface area contributed by atoms with Gasteiger partial charge in [0.05, 0.1) is 11.8 Å². The van der Waals surface area contributed by atoms with Gasteiger partial charge in [0, 0.05) is 12.6 Å². The van der Waals surface area contributed by atoms with Crippen LogP contribution < -0.4 is 4.74 Å². The summed E-state index contributed by atoms with van der Waals surface area (Å²) in [4.78, 5) is 16.2. The van der Waals surface area contributed by atoms with Crippen molar-refractivity contribution in [3.05, 3.63) is 59.9 Å². The third kappa shape index (κ3) is 5.09. The summed E-state index contributed by atoms with van der Waals surface area (Å²) < 4.78 is 40.0. The van der Waals surface area contributed by atoms with E-state index in [1.807, 2.05) is 6.07 Å². The van der Waals surface area contributed by atoms with E-state index in [0.29, 0.717) is 17.7 Å². The van der Waals surface area contributed by atoms with Gasteiger partial charge < -0.3 is 4.74 Å². The number of Topliss-reactive ketones (excluding diaryl/α,β-unsaturated/α-hetero) is 1.